The van der Waals surface area contributed by atoms with E-state index in [-0.39, 0.29) is 0 Å². The fourth-order valence-electron chi connectivity index (χ4n) is 0.816. The molecule has 0 spiro atoms. The highest BCUT2D eigenvalue weighted by molar-refractivity contribution is 7.99. The van der Waals surface area contributed by atoms with Crippen LogP contribution in [0.5, 0.6) is 0 Å². The van der Waals surface area contributed by atoms with Crippen LogP contribution in [-0.4, -0.2) is 26.4 Å². The third-order valence-corrected chi connectivity index (χ3v) is 3.55. The van der Waals surface area contributed by atoms with Gasteiger partial charge in [0.1, 0.15) is 5.25 Å². The van der Waals surface area contributed by atoms with E-state index in [1.54, 1.807) is 13.8 Å². The number of nitrogens with one attached hydrogen (secondary N) is 1. The van der Waals surface area contributed by atoms with E-state index in [9.17, 15) is 4.79 Å². The highest BCUT2D eigenvalue weighted by Gasteiger charge is 2.46. The molecule has 1 saturated heterocycles. The predicted molar refractivity (Wildman–Crippen MR) is 43.9 cm³/mol. The van der Waals surface area contributed by atoms with Crippen LogP contribution < -0.4 is 4.83 Å². The van der Waals surface area contributed by atoms with Gasteiger partial charge in [-0.3, -0.25) is 4.79 Å². The van der Waals surface area contributed by atoms with Crippen molar-refractivity contribution in [2.45, 2.75) is 24.6 Å². The van der Waals surface area contributed by atoms with Gasteiger partial charge in [-0.2, -0.15) is 4.83 Å². The van der Waals surface area contributed by atoms with Crippen molar-refractivity contribution < 1.29 is 9.90 Å². The van der Waals surface area contributed by atoms with Crippen LogP contribution in [0, 0.1) is 0 Å². The van der Waals surface area contributed by atoms with Gasteiger partial charge in [0.2, 0.25) is 0 Å². The van der Waals surface area contributed by atoms with Crippen LogP contribution >= 0.6 is 23.7 Å². The second-order valence-electron chi connectivity index (χ2n) is 2.86. The van der Waals surface area contributed by atoms with Gasteiger partial charge in [-0.25, -0.2) is 0 Å². The first-order valence-electron chi connectivity index (χ1n) is 3.06. The molecule has 0 aromatic heterocycles. The first-order chi connectivity index (χ1) is 4.96. The van der Waals surface area contributed by atoms with Crippen LogP contribution in [0.3, 0.4) is 0 Å². The number of halogens is 1. The second kappa shape index (κ2) is 2.82. The zero-order valence-electron chi connectivity index (χ0n) is 6.17. The number of hydrazine groups is 1. The summed E-state index contributed by atoms with van der Waals surface area (Å²) in [6, 6.07) is 0. The zero-order valence-corrected chi connectivity index (χ0v) is 7.74. The van der Waals surface area contributed by atoms with Gasteiger partial charge in [-0.15, -0.1) is 4.53 Å². The van der Waals surface area contributed by atoms with Crippen LogP contribution in [0.4, 0.5) is 0 Å². The van der Waals surface area contributed by atoms with E-state index in [4.69, 9.17) is 16.9 Å². The lowest BCUT2D eigenvalue weighted by Gasteiger charge is -2.25. The average molecular weight is 197 g/mol. The lowest BCUT2D eigenvalue weighted by molar-refractivity contribution is -0.138. The smallest absolute Gasteiger partial charge is 0.320 e. The maximum atomic E-state index is 10.6. The molecule has 11 heavy (non-hydrogen) atoms. The van der Waals surface area contributed by atoms with Crippen LogP contribution in [0.25, 0.3) is 0 Å². The molecule has 1 aliphatic rings. The number of carboxylic acid groups (broad SMARTS) is 1. The summed E-state index contributed by atoms with van der Waals surface area (Å²) in [5, 5.41) is 8.19. The summed E-state index contributed by atoms with van der Waals surface area (Å²) in [6.07, 6.45) is 0. The molecular formula is C5H9ClN2O2S. The monoisotopic (exact) mass is 196 g/mol. The Labute approximate surface area is 74.1 Å². The van der Waals surface area contributed by atoms with Crippen molar-refractivity contribution >= 4 is 29.7 Å². The molecule has 1 fully saturated rings. The van der Waals surface area contributed by atoms with Crippen molar-refractivity contribution in [2.24, 2.45) is 0 Å². The normalized spacial score (nSPS) is 30.6. The summed E-state index contributed by atoms with van der Waals surface area (Å²) in [4.78, 5) is 13.3. The van der Waals surface area contributed by atoms with E-state index >= 15 is 0 Å². The molecule has 1 atom stereocenters. The molecule has 0 aliphatic carbocycles. The molecule has 0 bridgehead atoms. The summed E-state index contributed by atoms with van der Waals surface area (Å²) in [5.41, 5.74) is -0.557. The summed E-state index contributed by atoms with van der Waals surface area (Å²) in [5.74, 6) is -0.851. The molecule has 1 rings (SSSR count). The Morgan fingerprint density at radius 3 is 2.55 bits per heavy atom. The lowest BCUT2D eigenvalue weighted by Crippen LogP contribution is -2.44. The standard InChI is InChI=1S/C5H9ClN2O2S/c1-5(2)3(4(9)10)11-7-8(5)6/h3,7H,1-2H3,(H,9,10). The third kappa shape index (κ3) is 1.46. The number of hydrogen-bond acceptors (Lipinski definition) is 4. The van der Waals surface area contributed by atoms with Gasteiger partial charge >= 0.3 is 5.97 Å². The molecule has 0 radical (unpaired) electrons. The molecule has 0 saturated carbocycles. The Bertz CT molecular complexity index is 187. The SMILES string of the molecule is CC1(C)C(C(=O)O)SNN1Cl. The fourth-order valence-corrected chi connectivity index (χ4v) is 2.02. The number of carboxylic acids is 1. The molecule has 0 aromatic rings. The maximum absolute atomic E-state index is 10.6. The number of carbonyl (C=O) groups is 1. The van der Waals surface area contributed by atoms with Crippen LogP contribution in [0.1, 0.15) is 13.8 Å². The Morgan fingerprint density at radius 1 is 1.82 bits per heavy atom. The van der Waals surface area contributed by atoms with Crippen molar-refractivity contribution in [3.05, 3.63) is 0 Å². The van der Waals surface area contributed by atoms with E-state index < -0.39 is 16.8 Å². The van der Waals surface area contributed by atoms with E-state index in [0.29, 0.717) is 0 Å². The zero-order chi connectivity index (χ0) is 8.65. The third-order valence-electron chi connectivity index (χ3n) is 1.62. The molecule has 0 aromatic carbocycles. The summed E-state index contributed by atoms with van der Waals surface area (Å²) in [7, 11) is 0. The van der Waals surface area contributed by atoms with E-state index in [1.807, 2.05) is 0 Å². The van der Waals surface area contributed by atoms with Gasteiger partial charge in [0.25, 0.3) is 0 Å². The fraction of sp³-hybridized carbons (Fsp3) is 0.800. The molecule has 4 nitrogen and oxygen atoms in total. The molecular weight excluding hydrogens is 188 g/mol. The molecule has 6 heteroatoms. The number of rotatable bonds is 1. The quantitative estimate of drug-likeness (QED) is 0.481. The van der Waals surface area contributed by atoms with Gasteiger partial charge in [0.05, 0.1) is 5.54 Å². The first kappa shape index (κ1) is 9.12. The topological polar surface area (TPSA) is 52.6 Å². The minimum atomic E-state index is -0.851. The van der Waals surface area contributed by atoms with Crippen LogP contribution in [0.15, 0.2) is 0 Å². The minimum absolute atomic E-state index is 0.528. The van der Waals surface area contributed by atoms with Crippen molar-refractivity contribution in [3.63, 3.8) is 0 Å². The van der Waals surface area contributed by atoms with E-state index in [2.05, 4.69) is 4.83 Å². The van der Waals surface area contributed by atoms with E-state index in [1.165, 1.54) is 4.53 Å². The Balaban J connectivity index is 2.78. The van der Waals surface area contributed by atoms with Gasteiger partial charge in [-0.05, 0) is 37.6 Å². The van der Waals surface area contributed by atoms with Crippen LogP contribution in [0.2, 0.25) is 0 Å². The second-order valence-corrected chi connectivity index (χ2v) is 4.09. The van der Waals surface area contributed by atoms with Gasteiger partial charge in [-0.1, -0.05) is 0 Å². The molecule has 0 amide bonds. The summed E-state index contributed by atoms with van der Waals surface area (Å²) < 4.78 is 1.29. The lowest BCUT2D eigenvalue weighted by atomic mass is 10.0. The van der Waals surface area contributed by atoms with Crippen molar-refractivity contribution in [1.82, 2.24) is 9.36 Å². The van der Waals surface area contributed by atoms with Crippen molar-refractivity contribution in [2.75, 3.05) is 0 Å². The average Bonchev–Trinajstić information content (AvgIpc) is 2.08. The first-order valence-corrected chi connectivity index (χ1v) is 4.28. The Kier molecular flexibility index (Phi) is 2.34. The highest BCUT2D eigenvalue weighted by atomic mass is 35.5. The molecule has 64 valence electrons. The van der Waals surface area contributed by atoms with Crippen molar-refractivity contribution in [3.8, 4) is 0 Å². The number of nitrogens with zero attached hydrogens (tertiary/aromatic N) is 1. The van der Waals surface area contributed by atoms with E-state index in [0.717, 1.165) is 11.9 Å². The summed E-state index contributed by atoms with van der Waals surface area (Å²) in [6.45, 7) is 3.54. The van der Waals surface area contributed by atoms with Gasteiger partial charge in [0, 0.05) is 0 Å². The molecule has 1 unspecified atom stereocenters. The van der Waals surface area contributed by atoms with Crippen molar-refractivity contribution in [1.29, 1.82) is 0 Å². The Morgan fingerprint density at radius 2 is 2.36 bits per heavy atom. The molecule has 1 heterocycles. The Hall–Kier alpha value is 0.0300. The summed E-state index contributed by atoms with van der Waals surface area (Å²) >= 11 is 6.79. The number of hydrogen-bond donors (Lipinski definition) is 2. The maximum Gasteiger partial charge on any atom is 0.320 e. The van der Waals surface area contributed by atoms with Gasteiger partial charge < -0.3 is 5.11 Å². The molecule has 1 aliphatic heterocycles. The minimum Gasteiger partial charge on any atom is -0.480 e. The van der Waals surface area contributed by atoms with Crippen LogP contribution in [-0.2, 0) is 4.79 Å². The predicted octanol–water partition coefficient (Wildman–Crippen LogP) is 0.840. The molecule has 2 N–H and O–H groups in total. The largest absolute Gasteiger partial charge is 0.480 e. The van der Waals surface area contributed by atoms with Gasteiger partial charge in [0.15, 0.2) is 0 Å². The highest BCUT2D eigenvalue weighted by Crippen LogP contribution is 2.34. The number of aliphatic carboxylic acids is 1.